The van der Waals surface area contributed by atoms with Gasteiger partial charge < -0.3 is 13.9 Å². The van der Waals surface area contributed by atoms with Crippen molar-refractivity contribution in [2.45, 2.75) is 58.1 Å². The van der Waals surface area contributed by atoms with Crippen molar-refractivity contribution in [3.05, 3.63) is 89.5 Å². The molecule has 2 heterocycles. The number of fused-ring (bicyclic) bond motifs is 3. The molecule has 2 aliphatic carbocycles. The van der Waals surface area contributed by atoms with Gasteiger partial charge >= 0.3 is 5.97 Å². The zero-order valence-electron chi connectivity index (χ0n) is 24.2. The topological polar surface area (TPSA) is 61.8 Å². The van der Waals surface area contributed by atoms with E-state index in [2.05, 4.69) is 82.3 Å². The highest BCUT2D eigenvalue weighted by Gasteiger charge is 2.70. The van der Waals surface area contributed by atoms with E-state index >= 15 is 0 Å². The molecule has 0 radical (unpaired) electrons. The molecule has 6 heteroatoms. The summed E-state index contributed by atoms with van der Waals surface area (Å²) in [6.07, 6.45) is -0.0135. The van der Waals surface area contributed by atoms with Crippen LogP contribution in [0.2, 0.25) is 5.04 Å². The lowest BCUT2D eigenvalue weighted by Crippen LogP contribution is -2.71. The molecule has 0 spiro atoms. The maximum absolute atomic E-state index is 14.1. The number of rotatable bonds is 6. The molecule has 4 aliphatic rings. The largest absolute Gasteiger partial charge is 0.496 e. The second-order valence-corrected chi connectivity index (χ2v) is 17.1. The molecule has 208 valence electrons. The Kier molecular flexibility index (Phi) is 6.35. The summed E-state index contributed by atoms with van der Waals surface area (Å²) in [6.45, 7) is 10.8. The van der Waals surface area contributed by atoms with Gasteiger partial charge in [0, 0.05) is 17.8 Å². The van der Waals surface area contributed by atoms with Gasteiger partial charge in [-0.25, -0.2) is 0 Å². The van der Waals surface area contributed by atoms with Gasteiger partial charge in [-0.3, -0.25) is 9.59 Å². The Morgan fingerprint density at radius 3 is 2.10 bits per heavy atom. The summed E-state index contributed by atoms with van der Waals surface area (Å²) < 4.78 is 19.0. The number of ketones is 1. The van der Waals surface area contributed by atoms with Crippen LogP contribution in [0.4, 0.5) is 0 Å². The highest BCUT2D eigenvalue weighted by atomic mass is 28.4. The third-order valence-corrected chi connectivity index (χ3v) is 15.0. The summed E-state index contributed by atoms with van der Waals surface area (Å²) in [4.78, 5) is 27.8. The fourth-order valence-corrected chi connectivity index (χ4v) is 12.6. The Labute approximate surface area is 238 Å². The van der Waals surface area contributed by atoms with E-state index in [1.54, 1.807) is 7.11 Å². The fourth-order valence-electron chi connectivity index (χ4n) is 7.98. The number of methoxy groups -OCH3 is 1. The van der Waals surface area contributed by atoms with Crippen LogP contribution >= 0.6 is 0 Å². The minimum atomic E-state index is -2.96. The normalized spacial score (nSPS) is 27.2. The summed E-state index contributed by atoms with van der Waals surface area (Å²) in [5.74, 6) is -0.204. The average molecular weight is 555 g/mol. The van der Waals surface area contributed by atoms with Crippen molar-refractivity contribution in [1.82, 2.24) is 0 Å². The zero-order chi connectivity index (χ0) is 28.4. The molecule has 2 bridgehead atoms. The van der Waals surface area contributed by atoms with Crippen LogP contribution in [0.15, 0.2) is 72.8 Å². The van der Waals surface area contributed by atoms with E-state index in [0.717, 1.165) is 27.2 Å². The van der Waals surface area contributed by atoms with Crippen molar-refractivity contribution in [1.29, 1.82) is 0 Å². The van der Waals surface area contributed by atoms with E-state index in [1.807, 2.05) is 25.1 Å². The summed E-state index contributed by atoms with van der Waals surface area (Å²) in [6, 6.07) is 24.9. The number of Topliss-reactive ketones (excluding diaryl/α,β-unsaturated/α-hetero) is 1. The molecule has 0 aromatic heterocycles. The number of carbonyl (C=O) groups is 2. The van der Waals surface area contributed by atoms with Crippen molar-refractivity contribution in [2.24, 2.45) is 17.3 Å². The summed E-state index contributed by atoms with van der Waals surface area (Å²) in [5, 5.41) is 2.03. The van der Waals surface area contributed by atoms with Gasteiger partial charge in [-0.15, -0.1) is 0 Å². The third kappa shape index (κ3) is 3.55. The van der Waals surface area contributed by atoms with Crippen LogP contribution in [-0.4, -0.2) is 39.9 Å². The van der Waals surface area contributed by atoms with Crippen molar-refractivity contribution >= 4 is 30.4 Å². The zero-order valence-corrected chi connectivity index (χ0v) is 25.2. The average Bonchev–Trinajstić information content (AvgIpc) is 3.35. The lowest BCUT2D eigenvalue weighted by molar-refractivity contribution is -0.208. The molecule has 7 rings (SSSR count). The maximum atomic E-state index is 14.1. The SMILES string of the molecule is COc1ccc2c(c1C)C[C@H]1[C@@H]2[C@]2(CO[Si](c3ccccc3)(c3ccccc3)C(C)(C)C)C(=O)O[C@H]1C(=O)C2C. The molecular weight excluding hydrogens is 516 g/mol. The number of benzene rings is 3. The van der Waals surface area contributed by atoms with E-state index < -0.39 is 25.8 Å². The molecule has 2 aliphatic heterocycles. The van der Waals surface area contributed by atoms with Crippen LogP contribution in [-0.2, 0) is 25.2 Å². The fraction of sp³-hybridized carbons (Fsp3) is 0.412. The van der Waals surface area contributed by atoms with Gasteiger partial charge in [0.05, 0.1) is 13.7 Å². The lowest BCUT2D eigenvalue weighted by Gasteiger charge is -2.56. The Hall–Kier alpha value is -3.22. The lowest BCUT2D eigenvalue weighted by atomic mass is 9.53. The summed E-state index contributed by atoms with van der Waals surface area (Å²) >= 11 is 0. The van der Waals surface area contributed by atoms with E-state index in [-0.39, 0.29) is 35.2 Å². The van der Waals surface area contributed by atoms with Crippen molar-refractivity contribution < 1.29 is 23.5 Å². The smallest absolute Gasteiger partial charge is 0.316 e. The molecule has 3 fully saturated rings. The van der Waals surface area contributed by atoms with Gasteiger partial charge in [-0.05, 0) is 51.5 Å². The highest BCUT2D eigenvalue weighted by Crippen LogP contribution is 2.62. The summed E-state index contributed by atoms with van der Waals surface area (Å²) in [7, 11) is -1.28. The molecule has 1 saturated carbocycles. The van der Waals surface area contributed by atoms with E-state index in [0.29, 0.717) is 6.42 Å². The first kappa shape index (κ1) is 27.0. The predicted octanol–water partition coefficient (Wildman–Crippen LogP) is 4.97. The monoisotopic (exact) mass is 554 g/mol. The molecule has 3 aromatic carbocycles. The molecule has 3 aromatic rings. The Morgan fingerprint density at radius 2 is 1.55 bits per heavy atom. The quantitative estimate of drug-likeness (QED) is 0.318. The molecule has 0 N–H and O–H groups in total. The Balaban J connectivity index is 1.53. The molecule has 1 unspecified atom stereocenters. The van der Waals surface area contributed by atoms with Gasteiger partial charge in [0.2, 0.25) is 0 Å². The van der Waals surface area contributed by atoms with Gasteiger partial charge in [0.15, 0.2) is 11.9 Å². The maximum Gasteiger partial charge on any atom is 0.316 e. The highest BCUT2D eigenvalue weighted by molar-refractivity contribution is 6.99. The van der Waals surface area contributed by atoms with Crippen molar-refractivity contribution in [3.63, 3.8) is 0 Å². The number of esters is 1. The number of ether oxygens (including phenoxy) is 2. The van der Waals surface area contributed by atoms with Gasteiger partial charge in [-0.2, -0.15) is 0 Å². The first-order valence-electron chi connectivity index (χ1n) is 14.2. The Bertz CT molecular complexity index is 1420. The van der Waals surface area contributed by atoms with Gasteiger partial charge in [0.25, 0.3) is 8.32 Å². The first-order chi connectivity index (χ1) is 19.1. The molecular formula is C34H38O5Si. The number of hydrogen-bond donors (Lipinski definition) is 0. The predicted molar refractivity (Wildman–Crippen MR) is 158 cm³/mol. The minimum absolute atomic E-state index is 0.0179. The van der Waals surface area contributed by atoms with Gasteiger partial charge in [0.1, 0.15) is 11.2 Å². The minimum Gasteiger partial charge on any atom is -0.496 e. The van der Waals surface area contributed by atoms with Crippen LogP contribution in [0.25, 0.3) is 0 Å². The van der Waals surface area contributed by atoms with Crippen LogP contribution in [0.1, 0.15) is 50.3 Å². The van der Waals surface area contributed by atoms with Crippen molar-refractivity contribution in [3.8, 4) is 5.75 Å². The number of carbonyl (C=O) groups excluding carboxylic acids is 2. The molecule has 0 amide bonds. The van der Waals surface area contributed by atoms with E-state index in [9.17, 15) is 9.59 Å². The van der Waals surface area contributed by atoms with Crippen LogP contribution < -0.4 is 15.1 Å². The molecule has 2 saturated heterocycles. The molecule has 5 nitrogen and oxygen atoms in total. The van der Waals surface area contributed by atoms with E-state index in [4.69, 9.17) is 13.9 Å². The number of hydrogen-bond acceptors (Lipinski definition) is 5. The second kappa shape index (κ2) is 9.42. The van der Waals surface area contributed by atoms with Crippen LogP contribution in [0, 0.1) is 24.2 Å². The molecule has 5 atom stereocenters. The van der Waals surface area contributed by atoms with Gasteiger partial charge in [-0.1, -0.05) is 94.4 Å². The first-order valence-corrected chi connectivity index (χ1v) is 16.1. The second-order valence-electron chi connectivity index (χ2n) is 12.7. The molecule has 40 heavy (non-hydrogen) atoms. The van der Waals surface area contributed by atoms with Crippen molar-refractivity contribution in [2.75, 3.05) is 13.7 Å². The standard InChI is InChI=1S/C34H38O5Si/c1-21-26-19-27-29(25(26)17-18-28(21)37-6)34(22(2)30(35)31(27)39-32(34)36)20-38-40(33(3,4)5,23-13-9-7-10-14-23)24-15-11-8-12-16-24/h7-18,22,27,29,31H,19-20H2,1-6H3/t22?,27-,29+,31+,34+/m0/s1. The summed E-state index contributed by atoms with van der Waals surface area (Å²) in [5.41, 5.74) is 2.28. The Morgan fingerprint density at radius 1 is 0.950 bits per heavy atom. The van der Waals surface area contributed by atoms with Crippen LogP contribution in [0.5, 0.6) is 5.75 Å². The third-order valence-electron chi connectivity index (χ3n) is 9.99. The van der Waals surface area contributed by atoms with Crippen LogP contribution in [0.3, 0.4) is 0 Å². The van der Waals surface area contributed by atoms with E-state index in [1.165, 1.54) is 5.56 Å².